The Labute approximate surface area is 185 Å². The number of halogens is 1. The first-order valence-corrected chi connectivity index (χ1v) is 10.5. The van der Waals surface area contributed by atoms with Gasteiger partial charge in [-0.25, -0.2) is 9.37 Å². The summed E-state index contributed by atoms with van der Waals surface area (Å²) in [6, 6.07) is 12.5. The Morgan fingerprint density at radius 2 is 1.84 bits per heavy atom. The molecule has 2 aromatic carbocycles. The molecule has 1 N–H and O–H groups in total. The molecule has 8 nitrogen and oxygen atoms in total. The molecule has 3 amide bonds. The second-order valence-electron chi connectivity index (χ2n) is 6.91. The molecule has 3 aromatic rings. The SMILES string of the molecule is O=C(Cn1c(=O)cnc2ccccc21)NCCN1C(=O)S/C(=C/c2ccc(F)cc2)C1=O. The van der Waals surface area contributed by atoms with Crippen molar-refractivity contribution in [2.75, 3.05) is 13.1 Å². The van der Waals surface area contributed by atoms with Crippen LogP contribution in [0.4, 0.5) is 9.18 Å². The summed E-state index contributed by atoms with van der Waals surface area (Å²) in [4.78, 5) is 54.5. The Balaban J connectivity index is 1.36. The molecule has 162 valence electrons. The molecule has 0 spiro atoms. The van der Waals surface area contributed by atoms with Crippen molar-refractivity contribution in [3.8, 4) is 0 Å². The van der Waals surface area contributed by atoms with Crippen molar-refractivity contribution in [2.45, 2.75) is 6.54 Å². The second kappa shape index (κ2) is 9.15. The number of carbonyl (C=O) groups excluding carboxylic acids is 3. The quantitative estimate of drug-likeness (QED) is 0.577. The molecule has 1 aliphatic heterocycles. The van der Waals surface area contributed by atoms with Crippen LogP contribution in [0.1, 0.15) is 5.56 Å². The highest BCUT2D eigenvalue weighted by atomic mass is 32.2. The summed E-state index contributed by atoms with van der Waals surface area (Å²) in [6.45, 7) is -0.185. The minimum absolute atomic E-state index is 0.0108. The van der Waals surface area contributed by atoms with E-state index in [1.54, 1.807) is 24.3 Å². The summed E-state index contributed by atoms with van der Waals surface area (Å²) < 4.78 is 14.3. The van der Waals surface area contributed by atoms with E-state index in [0.717, 1.165) is 22.9 Å². The fourth-order valence-corrected chi connectivity index (χ4v) is 4.05. The van der Waals surface area contributed by atoms with Crippen LogP contribution in [0.25, 0.3) is 17.1 Å². The molecular weight excluding hydrogens is 435 g/mol. The number of thioether (sulfide) groups is 1. The fourth-order valence-electron chi connectivity index (χ4n) is 3.19. The van der Waals surface area contributed by atoms with Crippen LogP contribution in [0, 0.1) is 5.82 Å². The largest absolute Gasteiger partial charge is 0.353 e. The number of benzene rings is 2. The molecule has 10 heteroatoms. The van der Waals surface area contributed by atoms with E-state index in [4.69, 9.17) is 0 Å². The van der Waals surface area contributed by atoms with E-state index in [0.29, 0.717) is 16.6 Å². The maximum atomic E-state index is 13.0. The van der Waals surface area contributed by atoms with Gasteiger partial charge in [0.2, 0.25) is 5.91 Å². The maximum Gasteiger partial charge on any atom is 0.293 e. The Bertz CT molecular complexity index is 1300. The van der Waals surface area contributed by atoms with Gasteiger partial charge in [-0.1, -0.05) is 24.3 Å². The highest BCUT2D eigenvalue weighted by Gasteiger charge is 2.34. The zero-order chi connectivity index (χ0) is 22.7. The lowest BCUT2D eigenvalue weighted by atomic mass is 10.2. The van der Waals surface area contributed by atoms with Crippen LogP contribution in [0.15, 0.2) is 64.4 Å². The van der Waals surface area contributed by atoms with Crippen molar-refractivity contribution < 1.29 is 18.8 Å². The average molecular weight is 452 g/mol. The van der Waals surface area contributed by atoms with Crippen LogP contribution in [0.5, 0.6) is 0 Å². The number of fused-ring (bicyclic) bond motifs is 1. The van der Waals surface area contributed by atoms with Crippen LogP contribution in [0.2, 0.25) is 0 Å². The van der Waals surface area contributed by atoms with Crippen LogP contribution < -0.4 is 10.9 Å². The third-order valence-electron chi connectivity index (χ3n) is 4.75. The molecular formula is C22H17FN4O4S. The lowest BCUT2D eigenvalue weighted by Crippen LogP contribution is -2.39. The van der Waals surface area contributed by atoms with Gasteiger partial charge < -0.3 is 5.32 Å². The molecule has 2 heterocycles. The van der Waals surface area contributed by atoms with Gasteiger partial charge in [-0.3, -0.25) is 28.6 Å². The van der Waals surface area contributed by atoms with Crippen molar-refractivity contribution in [3.63, 3.8) is 0 Å². The number of para-hydroxylation sites is 2. The van der Waals surface area contributed by atoms with Crippen LogP contribution in [0.3, 0.4) is 0 Å². The Morgan fingerprint density at radius 3 is 2.62 bits per heavy atom. The van der Waals surface area contributed by atoms with Gasteiger partial charge in [-0.2, -0.15) is 0 Å². The predicted octanol–water partition coefficient (Wildman–Crippen LogP) is 2.39. The minimum Gasteiger partial charge on any atom is -0.353 e. The monoisotopic (exact) mass is 452 g/mol. The van der Waals surface area contributed by atoms with Gasteiger partial charge in [0.15, 0.2) is 0 Å². The topological polar surface area (TPSA) is 101 Å². The maximum absolute atomic E-state index is 13.0. The fraction of sp³-hybridized carbons (Fsp3) is 0.136. The summed E-state index contributed by atoms with van der Waals surface area (Å²) in [7, 11) is 0. The van der Waals surface area contributed by atoms with E-state index in [1.807, 2.05) is 0 Å². The summed E-state index contributed by atoms with van der Waals surface area (Å²) in [5, 5.41) is 2.18. The van der Waals surface area contributed by atoms with E-state index < -0.39 is 28.4 Å². The Kier molecular flexibility index (Phi) is 6.13. The molecule has 0 unspecified atom stereocenters. The highest BCUT2D eigenvalue weighted by molar-refractivity contribution is 8.18. The van der Waals surface area contributed by atoms with E-state index in [9.17, 15) is 23.6 Å². The van der Waals surface area contributed by atoms with Gasteiger partial charge in [0.1, 0.15) is 12.4 Å². The lowest BCUT2D eigenvalue weighted by Gasteiger charge is -2.14. The number of nitrogens with one attached hydrogen (secondary N) is 1. The second-order valence-corrected chi connectivity index (χ2v) is 7.90. The zero-order valence-electron chi connectivity index (χ0n) is 16.7. The number of nitrogens with zero attached hydrogens (tertiary/aromatic N) is 3. The smallest absolute Gasteiger partial charge is 0.293 e. The third kappa shape index (κ3) is 4.59. The van der Waals surface area contributed by atoms with Gasteiger partial charge >= 0.3 is 0 Å². The number of imide groups is 1. The van der Waals surface area contributed by atoms with E-state index >= 15 is 0 Å². The van der Waals surface area contributed by atoms with Crippen LogP contribution in [-0.4, -0.2) is 44.6 Å². The number of carbonyl (C=O) groups is 3. The summed E-state index contributed by atoms with van der Waals surface area (Å²) in [6.07, 6.45) is 2.67. The Hall–Kier alpha value is -3.79. The summed E-state index contributed by atoms with van der Waals surface area (Å²) in [5.41, 5.74) is 1.31. The number of aromatic nitrogens is 2. The molecule has 1 aromatic heterocycles. The van der Waals surface area contributed by atoms with Crippen molar-refractivity contribution in [2.24, 2.45) is 0 Å². The van der Waals surface area contributed by atoms with Crippen molar-refractivity contribution >= 4 is 45.9 Å². The van der Waals surface area contributed by atoms with Crippen molar-refractivity contribution in [1.82, 2.24) is 19.8 Å². The van der Waals surface area contributed by atoms with Crippen molar-refractivity contribution in [3.05, 3.63) is 81.4 Å². The molecule has 4 rings (SSSR count). The zero-order valence-corrected chi connectivity index (χ0v) is 17.5. The highest BCUT2D eigenvalue weighted by Crippen LogP contribution is 2.31. The predicted molar refractivity (Wildman–Crippen MR) is 118 cm³/mol. The standard InChI is InChI=1S/C22H17FN4O4S/c23-15-7-5-14(6-8-15)11-18-21(30)26(22(31)32-18)10-9-24-19(28)13-27-17-4-2-1-3-16(17)25-12-20(27)29/h1-8,11-12H,9-10,13H2,(H,24,28)/b18-11+. The van der Waals surface area contributed by atoms with Gasteiger partial charge in [0, 0.05) is 13.1 Å². The van der Waals surface area contributed by atoms with Crippen molar-refractivity contribution in [1.29, 1.82) is 0 Å². The molecule has 0 radical (unpaired) electrons. The minimum atomic E-state index is -0.477. The van der Waals surface area contributed by atoms with Gasteiger partial charge in [0.05, 0.1) is 22.1 Å². The van der Waals surface area contributed by atoms with Gasteiger partial charge in [-0.15, -0.1) is 0 Å². The molecule has 1 saturated heterocycles. The van der Waals surface area contributed by atoms with E-state index in [2.05, 4.69) is 10.3 Å². The van der Waals surface area contributed by atoms with E-state index in [-0.39, 0.29) is 24.5 Å². The average Bonchev–Trinajstić information content (AvgIpc) is 3.04. The number of hydrogen-bond acceptors (Lipinski definition) is 6. The normalized spacial score (nSPS) is 15.0. The summed E-state index contributed by atoms with van der Waals surface area (Å²) >= 11 is 0.785. The summed E-state index contributed by atoms with van der Waals surface area (Å²) in [5.74, 6) is -1.31. The molecule has 0 saturated carbocycles. The first-order chi connectivity index (χ1) is 15.4. The first kappa shape index (κ1) is 21.4. The molecule has 32 heavy (non-hydrogen) atoms. The van der Waals surface area contributed by atoms with Gasteiger partial charge in [0.25, 0.3) is 16.7 Å². The first-order valence-electron chi connectivity index (χ1n) is 9.64. The number of hydrogen-bond donors (Lipinski definition) is 1. The molecule has 0 aliphatic carbocycles. The number of rotatable bonds is 6. The van der Waals surface area contributed by atoms with Crippen LogP contribution in [-0.2, 0) is 16.1 Å². The number of amides is 3. The molecule has 0 bridgehead atoms. The lowest BCUT2D eigenvalue weighted by molar-refractivity contribution is -0.124. The third-order valence-corrected chi connectivity index (χ3v) is 5.66. The Morgan fingerprint density at radius 1 is 1.09 bits per heavy atom. The van der Waals surface area contributed by atoms with E-state index in [1.165, 1.54) is 34.9 Å². The molecule has 1 aliphatic rings. The van der Waals surface area contributed by atoms with Crippen LogP contribution >= 0.6 is 11.8 Å². The molecule has 1 fully saturated rings. The molecule has 0 atom stereocenters. The van der Waals surface area contributed by atoms with Gasteiger partial charge in [-0.05, 0) is 47.7 Å².